The SMILES string of the molecule is CCCOc1cccc(OCCNB(C)O)c1. The van der Waals surface area contributed by atoms with Gasteiger partial charge < -0.3 is 19.7 Å². The number of benzene rings is 1. The average Bonchev–Trinajstić information content (AvgIpc) is 2.32. The molecule has 0 atom stereocenters. The highest BCUT2D eigenvalue weighted by Gasteiger charge is 2.01. The van der Waals surface area contributed by atoms with Crippen LogP contribution in [0.2, 0.25) is 6.82 Å². The molecule has 2 N–H and O–H groups in total. The molecule has 4 nitrogen and oxygen atoms in total. The first-order valence-electron chi connectivity index (χ1n) is 5.99. The summed E-state index contributed by atoms with van der Waals surface area (Å²) in [4.78, 5) is 0. The van der Waals surface area contributed by atoms with Crippen LogP contribution >= 0.6 is 0 Å². The minimum atomic E-state index is -0.502. The molecule has 1 aromatic carbocycles. The largest absolute Gasteiger partial charge is 0.493 e. The van der Waals surface area contributed by atoms with Gasteiger partial charge in [0.05, 0.1) is 13.2 Å². The second-order valence-corrected chi connectivity index (χ2v) is 3.80. The number of ether oxygens (including phenoxy) is 2. The van der Waals surface area contributed by atoms with Gasteiger partial charge in [0.25, 0.3) is 0 Å². The average molecular weight is 237 g/mol. The van der Waals surface area contributed by atoms with Crippen molar-refractivity contribution in [1.82, 2.24) is 5.23 Å². The van der Waals surface area contributed by atoms with Crippen molar-refractivity contribution in [2.75, 3.05) is 19.8 Å². The Labute approximate surface area is 103 Å². The maximum atomic E-state index is 9.00. The Morgan fingerprint density at radius 2 is 1.88 bits per heavy atom. The highest BCUT2D eigenvalue weighted by molar-refractivity contribution is 6.45. The summed E-state index contributed by atoms with van der Waals surface area (Å²) in [7, 11) is -0.502. The summed E-state index contributed by atoms with van der Waals surface area (Å²) in [5.41, 5.74) is 0. The van der Waals surface area contributed by atoms with Gasteiger partial charge in [-0.25, -0.2) is 0 Å². The third kappa shape index (κ3) is 6.19. The lowest BCUT2D eigenvalue weighted by Gasteiger charge is -2.09. The van der Waals surface area contributed by atoms with E-state index >= 15 is 0 Å². The number of nitrogens with one attached hydrogen (secondary N) is 1. The molecule has 0 saturated carbocycles. The molecule has 0 aromatic heterocycles. The molecule has 0 heterocycles. The van der Waals surface area contributed by atoms with Gasteiger partial charge in [-0.05, 0) is 25.4 Å². The minimum Gasteiger partial charge on any atom is -0.493 e. The van der Waals surface area contributed by atoms with Crippen LogP contribution in [-0.2, 0) is 0 Å². The van der Waals surface area contributed by atoms with Gasteiger partial charge in [0, 0.05) is 12.6 Å². The maximum absolute atomic E-state index is 9.00. The third-order valence-corrected chi connectivity index (χ3v) is 2.09. The van der Waals surface area contributed by atoms with Crippen LogP contribution in [-0.4, -0.2) is 31.8 Å². The fraction of sp³-hybridized carbons (Fsp3) is 0.500. The smallest absolute Gasteiger partial charge is 0.373 e. The van der Waals surface area contributed by atoms with E-state index in [0.717, 1.165) is 17.9 Å². The van der Waals surface area contributed by atoms with Crippen LogP contribution in [0.3, 0.4) is 0 Å². The first kappa shape index (κ1) is 13.9. The lowest BCUT2D eigenvalue weighted by atomic mass is 9.89. The van der Waals surface area contributed by atoms with Crippen LogP contribution in [0, 0.1) is 0 Å². The molecular formula is C12H20BNO3. The Hall–Kier alpha value is -1.20. The molecule has 0 fully saturated rings. The van der Waals surface area contributed by atoms with Crippen LogP contribution in [0.4, 0.5) is 0 Å². The molecule has 0 aliphatic rings. The predicted molar refractivity (Wildman–Crippen MR) is 69.6 cm³/mol. The molecule has 0 amide bonds. The summed E-state index contributed by atoms with van der Waals surface area (Å²) in [6.07, 6.45) is 0.989. The molecule has 94 valence electrons. The molecule has 0 unspecified atom stereocenters. The quantitative estimate of drug-likeness (QED) is 0.532. The molecule has 1 rings (SSSR count). The van der Waals surface area contributed by atoms with Crippen LogP contribution < -0.4 is 14.7 Å². The molecule has 0 radical (unpaired) electrons. The number of hydrogen-bond acceptors (Lipinski definition) is 4. The van der Waals surface area contributed by atoms with Crippen molar-refractivity contribution in [3.8, 4) is 11.5 Å². The Morgan fingerprint density at radius 1 is 1.24 bits per heavy atom. The lowest BCUT2D eigenvalue weighted by molar-refractivity contribution is 0.303. The monoisotopic (exact) mass is 237 g/mol. The molecule has 17 heavy (non-hydrogen) atoms. The van der Waals surface area contributed by atoms with E-state index in [2.05, 4.69) is 12.2 Å². The lowest BCUT2D eigenvalue weighted by Crippen LogP contribution is -2.33. The summed E-state index contributed by atoms with van der Waals surface area (Å²) < 4.78 is 11.0. The second-order valence-electron chi connectivity index (χ2n) is 3.80. The normalized spacial score (nSPS) is 10.1. The fourth-order valence-corrected chi connectivity index (χ4v) is 1.31. The first-order valence-corrected chi connectivity index (χ1v) is 5.99. The van der Waals surface area contributed by atoms with Crippen LogP contribution in [0.15, 0.2) is 24.3 Å². The summed E-state index contributed by atoms with van der Waals surface area (Å²) in [5, 5.41) is 11.9. The van der Waals surface area contributed by atoms with Crippen molar-refractivity contribution in [2.45, 2.75) is 20.2 Å². The topological polar surface area (TPSA) is 50.7 Å². The van der Waals surface area contributed by atoms with Crippen molar-refractivity contribution in [2.24, 2.45) is 0 Å². The zero-order chi connectivity index (χ0) is 12.5. The molecule has 1 aromatic rings. The van der Waals surface area contributed by atoms with Crippen molar-refractivity contribution in [3.05, 3.63) is 24.3 Å². The van der Waals surface area contributed by atoms with Crippen molar-refractivity contribution in [3.63, 3.8) is 0 Å². The fourth-order valence-electron chi connectivity index (χ4n) is 1.31. The van der Waals surface area contributed by atoms with Gasteiger partial charge in [0.1, 0.15) is 11.5 Å². The van der Waals surface area contributed by atoms with Gasteiger partial charge in [-0.1, -0.05) is 13.0 Å². The molecule has 5 heteroatoms. The highest BCUT2D eigenvalue weighted by Crippen LogP contribution is 2.19. The molecule has 0 bridgehead atoms. The standard InChI is InChI=1S/C12H20BNO3/c1-3-8-16-11-5-4-6-12(10-11)17-9-7-14-13(2)15/h4-6,10,14-15H,3,7-9H2,1-2H3. The first-order chi connectivity index (χ1) is 8.22. The molecular weight excluding hydrogens is 217 g/mol. The van der Waals surface area contributed by atoms with Crippen LogP contribution in [0.25, 0.3) is 0 Å². The van der Waals surface area contributed by atoms with E-state index in [1.165, 1.54) is 0 Å². The van der Waals surface area contributed by atoms with Gasteiger partial charge >= 0.3 is 7.05 Å². The molecule has 0 spiro atoms. The Morgan fingerprint density at radius 3 is 2.47 bits per heavy atom. The van der Waals surface area contributed by atoms with E-state index in [1.54, 1.807) is 6.82 Å². The molecule has 0 aliphatic heterocycles. The summed E-state index contributed by atoms with van der Waals surface area (Å²) in [5.74, 6) is 1.61. The zero-order valence-electron chi connectivity index (χ0n) is 10.5. The van der Waals surface area contributed by atoms with E-state index in [1.807, 2.05) is 24.3 Å². The molecule has 0 saturated heterocycles. The summed E-state index contributed by atoms with van der Waals surface area (Å²) in [6.45, 7) is 5.59. The van der Waals surface area contributed by atoms with Gasteiger partial charge in [0.2, 0.25) is 0 Å². The Balaban J connectivity index is 2.32. The molecule has 0 aliphatic carbocycles. The maximum Gasteiger partial charge on any atom is 0.373 e. The number of rotatable bonds is 8. The summed E-state index contributed by atoms with van der Waals surface area (Å²) >= 11 is 0. The van der Waals surface area contributed by atoms with Crippen LogP contribution in [0.1, 0.15) is 13.3 Å². The Kier molecular flexibility index (Phi) is 6.51. The van der Waals surface area contributed by atoms with Crippen molar-refractivity contribution in [1.29, 1.82) is 0 Å². The van der Waals surface area contributed by atoms with E-state index in [4.69, 9.17) is 14.5 Å². The van der Waals surface area contributed by atoms with Crippen LogP contribution in [0.5, 0.6) is 11.5 Å². The minimum absolute atomic E-state index is 0.502. The number of hydrogen-bond donors (Lipinski definition) is 2. The zero-order valence-corrected chi connectivity index (χ0v) is 10.5. The van der Waals surface area contributed by atoms with Gasteiger partial charge in [-0.2, -0.15) is 0 Å². The van der Waals surface area contributed by atoms with E-state index in [9.17, 15) is 0 Å². The van der Waals surface area contributed by atoms with E-state index < -0.39 is 7.05 Å². The van der Waals surface area contributed by atoms with Gasteiger partial charge in [-0.3, -0.25) is 0 Å². The van der Waals surface area contributed by atoms with Crippen molar-refractivity contribution < 1.29 is 14.5 Å². The van der Waals surface area contributed by atoms with Gasteiger partial charge in [0.15, 0.2) is 0 Å². The second kappa shape index (κ2) is 7.98. The highest BCUT2D eigenvalue weighted by atomic mass is 16.5. The predicted octanol–water partition coefficient (Wildman–Crippen LogP) is 1.55. The van der Waals surface area contributed by atoms with Gasteiger partial charge in [-0.15, -0.1) is 0 Å². The Bertz CT molecular complexity index is 320. The summed E-state index contributed by atoms with van der Waals surface area (Å²) in [6, 6.07) is 7.58. The third-order valence-electron chi connectivity index (χ3n) is 2.09. The van der Waals surface area contributed by atoms with E-state index in [-0.39, 0.29) is 0 Å². The van der Waals surface area contributed by atoms with E-state index in [0.29, 0.717) is 19.8 Å². The van der Waals surface area contributed by atoms with Crippen molar-refractivity contribution >= 4 is 7.05 Å².